The first-order valence-corrected chi connectivity index (χ1v) is 7.66. The molecule has 23 heavy (non-hydrogen) atoms. The zero-order valence-corrected chi connectivity index (χ0v) is 12.9. The van der Waals surface area contributed by atoms with Crippen molar-refractivity contribution in [1.29, 1.82) is 0 Å². The van der Waals surface area contributed by atoms with Gasteiger partial charge in [-0.25, -0.2) is 4.79 Å². The molecule has 0 spiro atoms. The molecule has 120 valence electrons. The zero-order chi connectivity index (χ0) is 16.4. The minimum Gasteiger partial charge on any atom is -0.480 e. The van der Waals surface area contributed by atoms with Gasteiger partial charge in [0, 0.05) is 25.1 Å². The molecule has 1 aromatic carbocycles. The van der Waals surface area contributed by atoms with Crippen LogP contribution < -0.4 is 5.32 Å². The largest absolute Gasteiger partial charge is 0.480 e. The second-order valence-corrected chi connectivity index (χ2v) is 5.91. The first-order chi connectivity index (χ1) is 11.0. The van der Waals surface area contributed by atoms with Gasteiger partial charge in [-0.2, -0.15) is 5.10 Å². The van der Waals surface area contributed by atoms with E-state index >= 15 is 0 Å². The molecule has 0 aliphatic heterocycles. The number of rotatable bonds is 6. The summed E-state index contributed by atoms with van der Waals surface area (Å²) in [6.45, 7) is 0. The second kappa shape index (κ2) is 6.24. The Bertz CT molecular complexity index is 720. The highest BCUT2D eigenvalue weighted by molar-refractivity contribution is 5.95. The molecule has 1 heterocycles. The fourth-order valence-electron chi connectivity index (χ4n) is 2.64. The number of aromatic nitrogens is 2. The SMILES string of the molecule is Cn1nc(C(=O)N[C@@H](Cc2ccccc2)C(=O)O)cc1C1CC1. The molecule has 6 nitrogen and oxygen atoms in total. The van der Waals surface area contributed by atoms with E-state index in [1.165, 1.54) is 0 Å². The molecule has 1 aliphatic rings. The molecule has 0 bridgehead atoms. The average Bonchev–Trinajstić information content (AvgIpc) is 3.29. The summed E-state index contributed by atoms with van der Waals surface area (Å²) in [6, 6.07) is 10.0. The highest BCUT2D eigenvalue weighted by Crippen LogP contribution is 2.39. The van der Waals surface area contributed by atoms with Gasteiger partial charge in [-0.15, -0.1) is 0 Å². The van der Waals surface area contributed by atoms with Gasteiger partial charge in [0.1, 0.15) is 11.7 Å². The number of hydrogen-bond donors (Lipinski definition) is 2. The Morgan fingerprint density at radius 1 is 1.35 bits per heavy atom. The fourth-order valence-corrected chi connectivity index (χ4v) is 2.64. The number of carbonyl (C=O) groups excluding carboxylic acids is 1. The molecule has 1 atom stereocenters. The number of carboxylic acids is 1. The predicted molar refractivity (Wildman–Crippen MR) is 84.2 cm³/mol. The Kier molecular flexibility index (Phi) is 4.14. The Morgan fingerprint density at radius 2 is 2.04 bits per heavy atom. The summed E-state index contributed by atoms with van der Waals surface area (Å²) in [6.07, 6.45) is 2.48. The lowest BCUT2D eigenvalue weighted by molar-refractivity contribution is -0.139. The van der Waals surface area contributed by atoms with E-state index in [4.69, 9.17) is 0 Å². The van der Waals surface area contributed by atoms with E-state index in [9.17, 15) is 14.7 Å². The zero-order valence-electron chi connectivity index (χ0n) is 12.9. The van der Waals surface area contributed by atoms with E-state index < -0.39 is 17.9 Å². The van der Waals surface area contributed by atoms with Crippen LogP contribution >= 0.6 is 0 Å². The molecule has 0 saturated heterocycles. The molecule has 2 N–H and O–H groups in total. The van der Waals surface area contributed by atoms with Gasteiger partial charge >= 0.3 is 5.97 Å². The first-order valence-electron chi connectivity index (χ1n) is 7.66. The summed E-state index contributed by atoms with van der Waals surface area (Å²) in [5.41, 5.74) is 2.17. The van der Waals surface area contributed by atoms with Crippen molar-refractivity contribution < 1.29 is 14.7 Å². The Labute approximate surface area is 134 Å². The number of nitrogens with one attached hydrogen (secondary N) is 1. The van der Waals surface area contributed by atoms with Crippen molar-refractivity contribution in [2.45, 2.75) is 31.2 Å². The van der Waals surface area contributed by atoms with Crippen LogP contribution in [-0.2, 0) is 18.3 Å². The van der Waals surface area contributed by atoms with E-state index in [1.54, 1.807) is 10.7 Å². The van der Waals surface area contributed by atoms with Gasteiger partial charge in [-0.3, -0.25) is 9.48 Å². The number of aliphatic carboxylic acids is 1. The molecule has 3 rings (SSSR count). The smallest absolute Gasteiger partial charge is 0.326 e. The lowest BCUT2D eigenvalue weighted by Crippen LogP contribution is -2.42. The van der Waals surface area contributed by atoms with Crippen molar-refractivity contribution in [1.82, 2.24) is 15.1 Å². The van der Waals surface area contributed by atoms with Crippen LogP contribution in [0.15, 0.2) is 36.4 Å². The second-order valence-electron chi connectivity index (χ2n) is 5.91. The maximum absolute atomic E-state index is 12.3. The summed E-state index contributed by atoms with van der Waals surface area (Å²) >= 11 is 0. The molecule has 1 saturated carbocycles. The Morgan fingerprint density at radius 3 is 2.65 bits per heavy atom. The summed E-state index contributed by atoms with van der Waals surface area (Å²) in [4.78, 5) is 23.7. The van der Waals surface area contributed by atoms with Crippen LogP contribution in [0.25, 0.3) is 0 Å². The van der Waals surface area contributed by atoms with E-state index in [2.05, 4.69) is 10.4 Å². The van der Waals surface area contributed by atoms with Crippen LogP contribution in [0.4, 0.5) is 0 Å². The van der Waals surface area contributed by atoms with Crippen molar-refractivity contribution in [2.24, 2.45) is 7.05 Å². The van der Waals surface area contributed by atoms with Crippen LogP contribution in [0.1, 0.15) is 40.5 Å². The van der Waals surface area contributed by atoms with Crippen LogP contribution in [0, 0.1) is 0 Å². The van der Waals surface area contributed by atoms with Crippen molar-refractivity contribution >= 4 is 11.9 Å². The molecule has 0 unspecified atom stereocenters. The molecule has 1 aliphatic carbocycles. The molecule has 6 heteroatoms. The van der Waals surface area contributed by atoms with Crippen molar-refractivity contribution in [3.8, 4) is 0 Å². The number of amides is 1. The summed E-state index contributed by atoms with van der Waals surface area (Å²) in [5.74, 6) is -1.02. The highest BCUT2D eigenvalue weighted by atomic mass is 16.4. The minimum atomic E-state index is -1.06. The number of nitrogens with zero attached hydrogens (tertiary/aromatic N) is 2. The van der Waals surface area contributed by atoms with E-state index in [1.807, 2.05) is 37.4 Å². The number of hydrogen-bond acceptors (Lipinski definition) is 3. The van der Waals surface area contributed by atoms with Gasteiger partial charge in [0.05, 0.1) is 0 Å². The first kappa shape index (κ1) is 15.3. The van der Waals surface area contributed by atoms with Gasteiger partial charge in [-0.1, -0.05) is 30.3 Å². The number of carbonyl (C=O) groups is 2. The lowest BCUT2D eigenvalue weighted by Gasteiger charge is -2.13. The van der Waals surface area contributed by atoms with Gasteiger partial charge in [-0.05, 0) is 24.5 Å². The summed E-state index contributed by atoms with van der Waals surface area (Å²) in [7, 11) is 1.81. The van der Waals surface area contributed by atoms with Crippen LogP contribution in [0.2, 0.25) is 0 Å². The van der Waals surface area contributed by atoms with Crippen molar-refractivity contribution in [3.05, 3.63) is 53.3 Å². The molecular weight excluding hydrogens is 294 g/mol. The van der Waals surface area contributed by atoms with E-state index in [0.29, 0.717) is 5.92 Å². The van der Waals surface area contributed by atoms with Gasteiger partial charge in [0.2, 0.25) is 0 Å². The topological polar surface area (TPSA) is 84.2 Å². The third-order valence-corrected chi connectivity index (χ3v) is 4.03. The number of aryl methyl sites for hydroxylation is 1. The quantitative estimate of drug-likeness (QED) is 0.850. The van der Waals surface area contributed by atoms with Gasteiger partial charge in [0.25, 0.3) is 5.91 Å². The van der Waals surface area contributed by atoms with E-state index in [-0.39, 0.29) is 12.1 Å². The summed E-state index contributed by atoms with van der Waals surface area (Å²) in [5, 5.41) is 16.1. The number of benzene rings is 1. The molecule has 1 amide bonds. The fraction of sp³-hybridized carbons (Fsp3) is 0.353. The normalized spacial score (nSPS) is 15.2. The monoisotopic (exact) mass is 313 g/mol. The minimum absolute atomic E-state index is 0.240. The third kappa shape index (κ3) is 3.59. The molecule has 1 fully saturated rings. The molecule has 2 aromatic rings. The van der Waals surface area contributed by atoms with Crippen molar-refractivity contribution in [3.63, 3.8) is 0 Å². The standard InChI is InChI=1S/C17H19N3O3/c1-20-15(12-7-8-12)10-13(19-20)16(21)18-14(17(22)23)9-11-5-3-2-4-6-11/h2-6,10,12,14H,7-9H2,1H3,(H,18,21)(H,22,23)/t14-/m0/s1. The Hall–Kier alpha value is -2.63. The molecule has 1 aromatic heterocycles. The number of carboxylic acid groups (broad SMARTS) is 1. The Balaban J connectivity index is 1.71. The maximum Gasteiger partial charge on any atom is 0.326 e. The van der Waals surface area contributed by atoms with Crippen molar-refractivity contribution in [2.75, 3.05) is 0 Å². The van der Waals surface area contributed by atoms with E-state index in [0.717, 1.165) is 24.1 Å². The molecule has 0 radical (unpaired) electrons. The van der Waals surface area contributed by atoms with Crippen LogP contribution in [0.5, 0.6) is 0 Å². The predicted octanol–water partition coefficient (Wildman–Crippen LogP) is 1.72. The van der Waals surface area contributed by atoms with Crippen LogP contribution in [-0.4, -0.2) is 32.8 Å². The maximum atomic E-state index is 12.3. The average molecular weight is 313 g/mol. The highest BCUT2D eigenvalue weighted by Gasteiger charge is 2.29. The summed E-state index contributed by atoms with van der Waals surface area (Å²) < 4.78 is 1.71. The van der Waals surface area contributed by atoms with Crippen LogP contribution in [0.3, 0.4) is 0 Å². The van der Waals surface area contributed by atoms with Gasteiger partial charge in [0.15, 0.2) is 0 Å². The van der Waals surface area contributed by atoms with Gasteiger partial charge < -0.3 is 10.4 Å². The molecular formula is C17H19N3O3. The lowest BCUT2D eigenvalue weighted by atomic mass is 10.1. The third-order valence-electron chi connectivity index (χ3n) is 4.03.